The molecule has 1 aliphatic heterocycles. The van der Waals surface area contributed by atoms with Crippen LogP contribution in [0.2, 0.25) is 10.0 Å². The number of carboxylic acid groups (broad SMARTS) is 1. The van der Waals surface area contributed by atoms with E-state index in [0.717, 1.165) is 44.2 Å². The molecule has 1 aromatic carbocycles. The number of carboxylic acids is 1. The summed E-state index contributed by atoms with van der Waals surface area (Å²) in [5.74, 6) is -0.989. The van der Waals surface area contributed by atoms with Gasteiger partial charge in [0.2, 0.25) is 5.91 Å². The topological polar surface area (TPSA) is 70.5 Å². The van der Waals surface area contributed by atoms with Crippen molar-refractivity contribution in [2.24, 2.45) is 5.92 Å². The van der Waals surface area contributed by atoms with Gasteiger partial charge in [-0.25, -0.2) is 0 Å². The highest BCUT2D eigenvalue weighted by Gasteiger charge is 2.41. The number of likely N-dealkylation sites (tertiary alicyclic amines) is 1. The molecule has 170 valence electrons. The Hall–Kier alpha value is -2.11. The Bertz CT molecular complexity index is 990. The van der Waals surface area contributed by atoms with E-state index >= 15 is 0 Å². The predicted octanol–water partition coefficient (Wildman–Crippen LogP) is 5.65. The fourth-order valence-corrected chi connectivity index (χ4v) is 5.37. The summed E-state index contributed by atoms with van der Waals surface area (Å²) in [6.07, 6.45) is 8.26. The van der Waals surface area contributed by atoms with Crippen molar-refractivity contribution in [3.63, 3.8) is 0 Å². The van der Waals surface area contributed by atoms with E-state index in [4.69, 9.17) is 28.2 Å². The Balaban J connectivity index is 1.29. The average Bonchev–Trinajstić information content (AvgIpc) is 2.75. The Morgan fingerprint density at radius 1 is 1.12 bits per heavy atom. The number of halogens is 2. The minimum Gasteiger partial charge on any atom is -0.481 e. The summed E-state index contributed by atoms with van der Waals surface area (Å²) in [4.78, 5) is 30.7. The number of aliphatic carboxylic acids is 1. The van der Waals surface area contributed by atoms with Crippen molar-refractivity contribution >= 4 is 35.1 Å². The normalized spacial score (nSPS) is 18.8. The van der Waals surface area contributed by atoms with Crippen molar-refractivity contribution in [1.29, 1.82) is 0 Å². The summed E-state index contributed by atoms with van der Waals surface area (Å²) >= 11 is 12.2. The second kappa shape index (κ2) is 10.2. The third-order valence-electron chi connectivity index (χ3n) is 6.53. The molecule has 5 nitrogen and oxygen atoms in total. The molecule has 7 heteroatoms. The van der Waals surface area contributed by atoms with Gasteiger partial charge < -0.3 is 10.0 Å². The zero-order valence-corrected chi connectivity index (χ0v) is 19.5. The summed E-state index contributed by atoms with van der Waals surface area (Å²) in [6, 6.07) is 8.80. The number of pyridine rings is 1. The van der Waals surface area contributed by atoms with Crippen LogP contribution in [0.4, 0.5) is 0 Å². The fraction of sp³-hybridized carbons (Fsp3) is 0.480. The molecular weight excluding hydrogens is 447 g/mol. The van der Waals surface area contributed by atoms with Gasteiger partial charge in [-0.3, -0.25) is 14.6 Å². The minimum atomic E-state index is -0.958. The van der Waals surface area contributed by atoms with Crippen molar-refractivity contribution in [2.45, 2.75) is 63.8 Å². The molecule has 2 aromatic rings. The summed E-state index contributed by atoms with van der Waals surface area (Å²) in [6.45, 7) is 0.567. The smallest absolute Gasteiger partial charge is 0.305 e. The van der Waals surface area contributed by atoms with Crippen molar-refractivity contribution in [2.75, 3.05) is 6.54 Å². The number of hydrogen-bond acceptors (Lipinski definition) is 3. The first-order valence-corrected chi connectivity index (χ1v) is 12.1. The van der Waals surface area contributed by atoms with Crippen molar-refractivity contribution in [3.8, 4) is 0 Å². The first-order valence-electron chi connectivity index (χ1n) is 11.4. The number of fused-ring (bicyclic) bond motifs is 1. The molecule has 4 rings (SSSR count). The van der Waals surface area contributed by atoms with Crippen LogP contribution in [0.5, 0.6) is 0 Å². The average molecular weight is 475 g/mol. The number of aryl methyl sites for hydroxylation is 3. The van der Waals surface area contributed by atoms with Crippen molar-refractivity contribution in [3.05, 3.63) is 62.9 Å². The maximum Gasteiger partial charge on any atom is 0.305 e. The second-order valence-corrected chi connectivity index (χ2v) is 9.74. The SMILES string of the molecule is O=C(O)C[C@@H](c1cc(Cl)cc(Cl)c1)N1CC(CCCCc2ccc3c(n2)CCCC3)C1=O. The monoisotopic (exact) mass is 474 g/mol. The lowest BCUT2D eigenvalue weighted by Gasteiger charge is -2.43. The number of unbranched alkanes of at least 4 members (excludes halogenated alkanes) is 1. The molecule has 32 heavy (non-hydrogen) atoms. The fourth-order valence-electron chi connectivity index (χ4n) is 4.83. The van der Waals surface area contributed by atoms with Gasteiger partial charge in [0.25, 0.3) is 0 Å². The zero-order chi connectivity index (χ0) is 22.7. The van der Waals surface area contributed by atoms with Gasteiger partial charge in [-0.05, 0) is 80.3 Å². The maximum atomic E-state index is 12.8. The molecule has 0 spiro atoms. The molecule has 1 N–H and O–H groups in total. The van der Waals surface area contributed by atoms with Crippen LogP contribution in [-0.4, -0.2) is 33.4 Å². The maximum absolute atomic E-state index is 12.8. The Kier molecular flexibility index (Phi) is 7.37. The first kappa shape index (κ1) is 23.1. The van der Waals surface area contributed by atoms with E-state index in [9.17, 15) is 14.7 Å². The summed E-state index contributed by atoms with van der Waals surface area (Å²) in [5, 5.41) is 10.2. The largest absolute Gasteiger partial charge is 0.481 e. The van der Waals surface area contributed by atoms with Gasteiger partial charge in [-0.15, -0.1) is 0 Å². The molecule has 2 atom stereocenters. The standard InChI is InChI=1S/C25H28Cl2N2O3/c26-19-11-18(12-20(27)13-19)23(14-24(30)31)29-15-17(25(29)32)6-1-3-7-21-10-9-16-5-2-4-8-22(16)28-21/h9-13,17,23H,1-8,14-15H2,(H,30,31)/t17?,23-/m0/s1. The number of carbonyl (C=O) groups excluding carboxylic acids is 1. The van der Waals surface area contributed by atoms with E-state index in [-0.39, 0.29) is 18.2 Å². The Morgan fingerprint density at radius 3 is 2.59 bits per heavy atom. The molecule has 1 aliphatic carbocycles. The van der Waals surface area contributed by atoms with Crippen LogP contribution >= 0.6 is 23.2 Å². The van der Waals surface area contributed by atoms with Crippen LogP contribution in [0.1, 0.15) is 67.1 Å². The van der Waals surface area contributed by atoms with E-state index < -0.39 is 12.0 Å². The number of hydrogen-bond donors (Lipinski definition) is 1. The van der Waals surface area contributed by atoms with Gasteiger partial charge in [0, 0.05) is 28.0 Å². The highest BCUT2D eigenvalue weighted by atomic mass is 35.5. The second-order valence-electron chi connectivity index (χ2n) is 8.87. The third-order valence-corrected chi connectivity index (χ3v) is 6.97. The van der Waals surface area contributed by atoms with Gasteiger partial charge in [0.05, 0.1) is 18.4 Å². The number of amides is 1. The van der Waals surface area contributed by atoms with Gasteiger partial charge in [0.15, 0.2) is 0 Å². The number of rotatable bonds is 9. The number of β-lactam (4-membered cyclic amide) rings is 1. The molecule has 1 amide bonds. The number of aromatic nitrogens is 1. The highest BCUT2D eigenvalue weighted by Crippen LogP contribution is 2.36. The Morgan fingerprint density at radius 2 is 1.88 bits per heavy atom. The molecule has 1 saturated heterocycles. The number of carbonyl (C=O) groups is 2. The van der Waals surface area contributed by atoms with E-state index in [1.54, 1.807) is 23.1 Å². The summed E-state index contributed by atoms with van der Waals surface area (Å²) < 4.78 is 0. The summed E-state index contributed by atoms with van der Waals surface area (Å²) in [5.41, 5.74) is 4.47. The molecule has 2 heterocycles. The van der Waals surface area contributed by atoms with Crippen LogP contribution in [0, 0.1) is 5.92 Å². The van der Waals surface area contributed by atoms with Crippen LogP contribution in [0.15, 0.2) is 30.3 Å². The quantitative estimate of drug-likeness (QED) is 0.376. The molecule has 0 bridgehead atoms. The van der Waals surface area contributed by atoms with Crippen LogP contribution < -0.4 is 0 Å². The lowest BCUT2D eigenvalue weighted by molar-refractivity contribution is -0.154. The van der Waals surface area contributed by atoms with Crippen LogP contribution in [0.3, 0.4) is 0 Å². The molecule has 0 saturated carbocycles. The van der Waals surface area contributed by atoms with Gasteiger partial charge in [-0.1, -0.05) is 35.7 Å². The lowest BCUT2D eigenvalue weighted by atomic mass is 9.88. The molecule has 1 fully saturated rings. The molecule has 1 unspecified atom stereocenters. The Labute approximate surface area is 198 Å². The lowest BCUT2D eigenvalue weighted by Crippen LogP contribution is -2.54. The zero-order valence-electron chi connectivity index (χ0n) is 18.0. The van der Waals surface area contributed by atoms with E-state index in [2.05, 4.69) is 12.1 Å². The predicted molar refractivity (Wildman–Crippen MR) is 125 cm³/mol. The number of nitrogens with zero attached hydrogens (tertiary/aromatic N) is 2. The van der Waals surface area contributed by atoms with Crippen molar-refractivity contribution < 1.29 is 14.7 Å². The van der Waals surface area contributed by atoms with E-state index in [1.807, 2.05) is 0 Å². The highest BCUT2D eigenvalue weighted by molar-refractivity contribution is 6.34. The van der Waals surface area contributed by atoms with E-state index in [0.29, 0.717) is 22.2 Å². The first-order chi connectivity index (χ1) is 15.4. The van der Waals surface area contributed by atoms with Gasteiger partial charge >= 0.3 is 5.97 Å². The van der Waals surface area contributed by atoms with Crippen molar-refractivity contribution in [1.82, 2.24) is 9.88 Å². The third kappa shape index (κ3) is 5.44. The number of benzene rings is 1. The van der Waals surface area contributed by atoms with Crippen LogP contribution in [0.25, 0.3) is 0 Å². The van der Waals surface area contributed by atoms with Gasteiger partial charge in [-0.2, -0.15) is 0 Å². The molecule has 1 aromatic heterocycles. The molecule has 0 radical (unpaired) electrons. The van der Waals surface area contributed by atoms with Gasteiger partial charge in [0.1, 0.15) is 0 Å². The van der Waals surface area contributed by atoms with Crippen LogP contribution in [-0.2, 0) is 28.9 Å². The minimum absolute atomic E-state index is 0.0132. The molecular formula is C25H28Cl2N2O3. The van der Waals surface area contributed by atoms with E-state index in [1.165, 1.54) is 24.1 Å². The summed E-state index contributed by atoms with van der Waals surface area (Å²) in [7, 11) is 0. The molecule has 2 aliphatic rings.